The first kappa shape index (κ1) is 15.0. The van der Waals surface area contributed by atoms with Crippen molar-refractivity contribution < 1.29 is 9.90 Å². The molecule has 2 heterocycles. The van der Waals surface area contributed by atoms with Crippen molar-refractivity contribution in [1.82, 2.24) is 20.1 Å². The van der Waals surface area contributed by atoms with Gasteiger partial charge in [0.05, 0.1) is 23.3 Å². The van der Waals surface area contributed by atoms with Crippen molar-refractivity contribution in [3.05, 3.63) is 23.0 Å². The third-order valence-electron chi connectivity index (χ3n) is 4.71. The fourth-order valence-corrected chi connectivity index (χ4v) is 3.18. The van der Waals surface area contributed by atoms with E-state index in [-0.39, 0.29) is 17.9 Å². The fraction of sp³-hybridized carbons (Fsp3) is 0.562. The summed E-state index contributed by atoms with van der Waals surface area (Å²) in [5.74, 6) is -0.119. The molecule has 2 aromatic heterocycles. The lowest BCUT2D eigenvalue weighted by atomic mass is 9.69. The van der Waals surface area contributed by atoms with Gasteiger partial charge in [-0.15, -0.1) is 0 Å². The summed E-state index contributed by atoms with van der Waals surface area (Å²) in [6.07, 6.45) is 3.07. The van der Waals surface area contributed by atoms with Crippen molar-refractivity contribution in [3.63, 3.8) is 0 Å². The van der Waals surface area contributed by atoms with Crippen molar-refractivity contribution in [2.75, 3.05) is 13.2 Å². The molecule has 2 aromatic rings. The molecule has 1 aliphatic rings. The van der Waals surface area contributed by atoms with E-state index in [1.165, 1.54) is 0 Å². The summed E-state index contributed by atoms with van der Waals surface area (Å²) in [5, 5.41) is 17.7. The molecule has 1 aliphatic carbocycles. The van der Waals surface area contributed by atoms with E-state index in [9.17, 15) is 9.90 Å². The summed E-state index contributed by atoms with van der Waals surface area (Å²) in [4.78, 5) is 17.1. The first-order valence-corrected chi connectivity index (χ1v) is 7.66. The zero-order valence-corrected chi connectivity index (χ0v) is 13.3. The van der Waals surface area contributed by atoms with Gasteiger partial charge in [-0.2, -0.15) is 5.10 Å². The Hall–Kier alpha value is -1.95. The number of nitrogens with zero attached hydrogens (tertiary/aromatic N) is 3. The van der Waals surface area contributed by atoms with E-state index in [2.05, 4.69) is 15.4 Å². The Labute approximate surface area is 129 Å². The molecular weight excluding hydrogens is 280 g/mol. The highest BCUT2D eigenvalue weighted by atomic mass is 16.3. The summed E-state index contributed by atoms with van der Waals surface area (Å²) in [5.41, 5.74) is 2.81. The van der Waals surface area contributed by atoms with Crippen LogP contribution >= 0.6 is 0 Å². The number of nitrogens with one attached hydrogen (secondary N) is 1. The number of fused-ring (bicyclic) bond motifs is 1. The van der Waals surface area contributed by atoms with Gasteiger partial charge in [0.25, 0.3) is 5.91 Å². The van der Waals surface area contributed by atoms with Crippen LogP contribution in [0.25, 0.3) is 11.0 Å². The second kappa shape index (κ2) is 5.35. The van der Waals surface area contributed by atoms with Crippen LogP contribution in [0.15, 0.2) is 6.07 Å². The molecule has 3 rings (SSSR count). The van der Waals surface area contributed by atoms with Crippen molar-refractivity contribution in [1.29, 1.82) is 0 Å². The van der Waals surface area contributed by atoms with Crippen LogP contribution in [0.2, 0.25) is 0 Å². The summed E-state index contributed by atoms with van der Waals surface area (Å²) in [6, 6.07) is 1.80. The Morgan fingerprint density at radius 3 is 2.77 bits per heavy atom. The Morgan fingerprint density at radius 2 is 2.18 bits per heavy atom. The number of aliphatic hydroxyl groups excluding tert-OH is 1. The predicted molar refractivity (Wildman–Crippen MR) is 83.7 cm³/mol. The molecule has 1 fully saturated rings. The maximum absolute atomic E-state index is 12.6. The molecule has 6 heteroatoms. The van der Waals surface area contributed by atoms with Crippen LogP contribution in [0.4, 0.5) is 0 Å². The van der Waals surface area contributed by atoms with Crippen LogP contribution in [-0.2, 0) is 7.05 Å². The molecule has 0 spiro atoms. The smallest absolute Gasteiger partial charge is 0.252 e. The molecule has 0 atom stereocenters. The van der Waals surface area contributed by atoms with Crippen molar-refractivity contribution in [2.24, 2.45) is 12.5 Å². The van der Waals surface area contributed by atoms with Gasteiger partial charge in [-0.1, -0.05) is 6.42 Å². The summed E-state index contributed by atoms with van der Waals surface area (Å²) < 4.78 is 1.70. The SMILES string of the molecule is Cc1cc(C(=O)NCC2(CO)CCC2)c2c(C)nn(C)c2n1. The monoisotopic (exact) mass is 302 g/mol. The third-order valence-corrected chi connectivity index (χ3v) is 4.71. The molecule has 0 radical (unpaired) electrons. The van der Waals surface area contributed by atoms with Crippen molar-refractivity contribution in [2.45, 2.75) is 33.1 Å². The van der Waals surface area contributed by atoms with E-state index in [4.69, 9.17) is 0 Å². The van der Waals surface area contributed by atoms with E-state index in [0.717, 1.165) is 41.7 Å². The lowest BCUT2D eigenvalue weighted by Crippen LogP contribution is -2.44. The summed E-state index contributed by atoms with van der Waals surface area (Å²) in [7, 11) is 1.83. The predicted octanol–water partition coefficient (Wildman–Crippen LogP) is 1.48. The Kier molecular flexibility index (Phi) is 3.64. The highest BCUT2D eigenvalue weighted by Crippen LogP contribution is 2.39. The number of amides is 1. The second-order valence-electron chi connectivity index (χ2n) is 6.41. The molecule has 22 heavy (non-hydrogen) atoms. The molecule has 0 unspecified atom stereocenters. The van der Waals surface area contributed by atoms with Gasteiger partial charge >= 0.3 is 0 Å². The van der Waals surface area contributed by atoms with E-state index in [1.54, 1.807) is 10.7 Å². The Bertz CT molecular complexity index is 726. The highest BCUT2D eigenvalue weighted by Gasteiger charge is 2.36. The molecular formula is C16H22N4O2. The Balaban J connectivity index is 1.90. The average Bonchev–Trinajstić information content (AvgIpc) is 2.72. The van der Waals surface area contributed by atoms with E-state index in [0.29, 0.717) is 12.1 Å². The van der Waals surface area contributed by atoms with Gasteiger partial charge in [0.15, 0.2) is 5.65 Å². The molecule has 0 bridgehead atoms. The topological polar surface area (TPSA) is 80.0 Å². The minimum absolute atomic E-state index is 0.119. The quantitative estimate of drug-likeness (QED) is 0.896. The van der Waals surface area contributed by atoms with Gasteiger partial charge in [-0.25, -0.2) is 4.98 Å². The van der Waals surface area contributed by atoms with Crippen LogP contribution in [0.5, 0.6) is 0 Å². The largest absolute Gasteiger partial charge is 0.396 e. The standard InChI is InChI=1S/C16H22N4O2/c1-10-7-12(13-11(2)19-20(3)14(13)18-10)15(22)17-8-16(9-21)5-4-6-16/h7,21H,4-6,8-9H2,1-3H3,(H,17,22). The van der Waals surface area contributed by atoms with Crippen LogP contribution in [0.1, 0.15) is 41.0 Å². The third kappa shape index (κ3) is 2.37. The summed E-state index contributed by atoms with van der Waals surface area (Å²) >= 11 is 0. The van der Waals surface area contributed by atoms with Crippen LogP contribution in [0, 0.1) is 19.3 Å². The molecule has 6 nitrogen and oxygen atoms in total. The zero-order valence-electron chi connectivity index (χ0n) is 13.3. The van der Waals surface area contributed by atoms with E-state index in [1.807, 2.05) is 20.9 Å². The van der Waals surface area contributed by atoms with Crippen LogP contribution in [0.3, 0.4) is 0 Å². The molecule has 2 N–H and O–H groups in total. The molecule has 0 aliphatic heterocycles. The van der Waals surface area contributed by atoms with Crippen molar-refractivity contribution in [3.8, 4) is 0 Å². The first-order chi connectivity index (χ1) is 10.5. The second-order valence-corrected chi connectivity index (χ2v) is 6.41. The molecule has 1 saturated carbocycles. The lowest BCUT2D eigenvalue weighted by Gasteiger charge is -2.40. The van der Waals surface area contributed by atoms with Gasteiger partial charge in [-0.05, 0) is 32.8 Å². The number of hydrogen-bond acceptors (Lipinski definition) is 4. The maximum Gasteiger partial charge on any atom is 0.252 e. The van der Waals surface area contributed by atoms with E-state index >= 15 is 0 Å². The van der Waals surface area contributed by atoms with Gasteiger partial charge in [0.1, 0.15) is 0 Å². The highest BCUT2D eigenvalue weighted by molar-refractivity contribution is 6.06. The first-order valence-electron chi connectivity index (χ1n) is 7.66. The lowest BCUT2D eigenvalue weighted by molar-refractivity contribution is 0.0429. The number of aromatic nitrogens is 3. The van der Waals surface area contributed by atoms with Gasteiger partial charge in [-0.3, -0.25) is 9.48 Å². The minimum atomic E-state index is -0.124. The molecule has 0 aromatic carbocycles. The van der Waals surface area contributed by atoms with Crippen LogP contribution < -0.4 is 5.32 Å². The van der Waals surface area contributed by atoms with Gasteiger partial charge < -0.3 is 10.4 Å². The number of aliphatic hydroxyl groups is 1. The number of rotatable bonds is 4. The average molecular weight is 302 g/mol. The molecule has 1 amide bonds. The van der Waals surface area contributed by atoms with Gasteiger partial charge in [0.2, 0.25) is 0 Å². The van der Waals surface area contributed by atoms with E-state index < -0.39 is 0 Å². The fourth-order valence-electron chi connectivity index (χ4n) is 3.18. The number of carbonyl (C=O) groups excluding carboxylic acids is 1. The van der Waals surface area contributed by atoms with Crippen molar-refractivity contribution >= 4 is 16.9 Å². The zero-order chi connectivity index (χ0) is 15.9. The van der Waals surface area contributed by atoms with Crippen LogP contribution in [-0.4, -0.2) is 38.9 Å². The number of carbonyl (C=O) groups is 1. The maximum atomic E-state index is 12.6. The summed E-state index contributed by atoms with van der Waals surface area (Å²) in [6.45, 7) is 4.41. The number of hydrogen-bond donors (Lipinski definition) is 2. The minimum Gasteiger partial charge on any atom is -0.396 e. The number of aryl methyl sites for hydroxylation is 3. The number of pyridine rings is 1. The Morgan fingerprint density at radius 1 is 1.45 bits per heavy atom. The normalized spacial score (nSPS) is 16.5. The molecule has 0 saturated heterocycles. The molecule has 118 valence electrons. The van der Waals surface area contributed by atoms with Gasteiger partial charge in [0, 0.05) is 24.7 Å².